The average molecular weight is 216 g/mol. The number of rotatable bonds is 5. The third-order valence-corrected chi connectivity index (χ3v) is 2.66. The smallest absolute Gasteiger partial charge is 0.407 e. The van der Waals surface area contributed by atoms with E-state index in [1.54, 1.807) is 0 Å². The lowest BCUT2D eigenvalue weighted by Crippen LogP contribution is -2.37. The summed E-state index contributed by atoms with van der Waals surface area (Å²) in [5, 5.41) is 11.4. The summed E-state index contributed by atoms with van der Waals surface area (Å²) in [5.41, 5.74) is 0. The molecule has 0 aromatic rings. The number of alkyl carbamates (subject to hydrolysis) is 1. The molecule has 1 heterocycles. The van der Waals surface area contributed by atoms with Gasteiger partial charge >= 0.3 is 6.09 Å². The summed E-state index contributed by atoms with van der Waals surface area (Å²) in [6, 6.07) is 0.214. The zero-order chi connectivity index (χ0) is 11.1. The van der Waals surface area contributed by atoms with Crippen molar-refractivity contribution in [2.24, 2.45) is 0 Å². The molecule has 0 spiro atoms. The van der Waals surface area contributed by atoms with Gasteiger partial charge in [0.15, 0.2) is 0 Å². The van der Waals surface area contributed by atoms with E-state index in [4.69, 9.17) is 5.11 Å². The number of aliphatic hydroxyl groups is 1. The Morgan fingerprint density at radius 1 is 1.60 bits per heavy atom. The molecule has 0 aliphatic carbocycles. The number of nitrogens with one attached hydrogen (secondary N) is 1. The van der Waals surface area contributed by atoms with Crippen LogP contribution in [0.2, 0.25) is 0 Å². The predicted octanol–water partition coefficient (Wildman–Crippen LogP) is 0.189. The highest BCUT2D eigenvalue weighted by Gasteiger charge is 2.23. The minimum atomic E-state index is -0.350. The van der Waals surface area contributed by atoms with Crippen molar-refractivity contribution in [3.05, 3.63) is 0 Å². The average Bonchev–Trinajstić information content (AvgIpc) is 2.66. The molecule has 0 aromatic heterocycles. The number of aliphatic hydroxyl groups excluding tert-OH is 1. The van der Waals surface area contributed by atoms with Crippen LogP contribution in [0.1, 0.15) is 19.3 Å². The van der Waals surface area contributed by atoms with Crippen LogP contribution in [-0.4, -0.2) is 55.5 Å². The molecule has 1 atom stereocenters. The summed E-state index contributed by atoms with van der Waals surface area (Å²) in [5.74, 6) is 0. The van der Waals surface area contributed by atoms with E-state index in [9.17, 15) is 4.79 Å². The molecule has 1 fully saturated rings. The van der Waals surface area contributed by atoms with Gasteiger partial charge in [0.05, 0.1) is 7.11 Å². The second kappa shape index (κ2) is 6.63. The first-order valence-corrected chi connectivity index (χ1v) is 5.44. The summed E-state index contributed by atoms with van der Waals surface area (Å²) in [6.45, 7) is 3.16. The van der Waals surface area contributed by atoms with E-state index < -0.39 is 0 Å². The van der Waals surface area contributed by atoms with E-state index in [1.165, 1.54) is 7.11 Å². The van der Waals surface area contributed by atoms with Gasteiger partial charge in [-0.2, -0.15) is 0 Å². The van der Waals surface area contributed by atoms with Crippen molar-refractivity contribution in [2.75, 3.05) is 33.4 Å². The summed E-state index contributed by atoms with van der Waals surface area (Å²) < 4.78 is 4.54. The number of carbonyl (C=O) groups is 1. The molecular formula is C10H20N2O3. The maximum atomic E-state index is 10.9. The molecule has 5 nitrogen and oxygen atoms in total. The molecule has 0 aromatic carbocycles. The quantitative estimate of drug-likeness (QED) is 0.644. The van der Waals surface area contributed by atoms with Crippen LogP contribution in [0, 0.1) is 0 Å². The number of hydrogen-bond donors (Lipinski definition) is 2. The minimum Gasteiger partial charge on any atom is -0.453 e. The van der Waals surface area contributed by atoms with Gasteiger partial charge in [-0.3, -0.25) is 0 Å². The van der Waals surface area contributed by atoms with E-state index in [0.29, 0.717) is 0 Å². The standard InChI is InChI=1S/C10H20N2O3/c1-15-10(14)11-9-4-6-12(8-9)5-2-3-7-13/h9,13H,2-8H2,1H3,(H,11,14). The second-order valence-electron chi connectivity index (χ2n) is 3.85. The Kier molecular flexibility index (Phi) is 5.42. The molecule has 0 bridgehead atoms. The van der Waals surface area contributed by atoms with E-state index in [1.807, 2.05) is 0 Å². The van der Waals surface area contributed by atoms with Gasteiger partial charge in [0.25, 0.3) is 0 Å². The summed E-state index contributed by atoms with van der Waals surface area (Å²) in [4.78, 5) is 13.3. The van der Waals surface area contributed by atoms with Gasteiger partial charge in [0, 0.05) is 25.7 Å². The van der Waals surface area contributed by atoms with Gasteiger partial charge < -0.3 is 20.1 Å². The van der Waals surface area contributed by atoms with Crippen molar-refractivity contribution in [1.82, 2.24) is 10.2 Å². The molecule has 88 valence electrons. The fraction of sp³-hybridized carbons (Fsp3) is 0.900. The van der Waals surface area contributed by atoms with Gasteiger partial charge in [-0.05, 0) is 25.8 Å². The lowest BCUT2D eigenvalue weighted by Gasteiger charge is -2.15. The molecular weight excluding hydrogens is 196 g/mol. The van der Waals surface area contributed by atoms with E-state index in [0.717, 1.165) is 38.9 Å². The van der Waals surface area contributed by atoms with Gasteiger partial charge in [0.2, 0.25) is 0 Å². The molecule has 1 aliphatic heterocycles. The van der Waals surface area contributed by atoms with Crippen LogP contribution >= 0.6 is 0 Å². The number of ether oxygens (including phenoxy) is 1. The normalized spacial score (nSPS) is 21.6. The first kappa shape index (κ1) is 12.3. The predicted molar refractivity (Wildman–Crippen MR) is 56.7 cm³/mol. The SMILES string of the molecule is COC(=O)NC1CCN(CCCCO)C1. The first-order valence-electron chi connectivity index (χ1n) is 5.44. The molecule has 15 heavy (non-hydrogen) atoms. The van der Waals surface area contributed by atoms with E-state index >= 15 is 0 Å². The Hall–Kier alpha value is -0.810. The van der Waals surface area contributed by atoms with Crippen molar-refractivity contribution >= 4 is 6.09 Å². The molecule has 0 saturated carbocycles. The Bertz CT molecular complexity index is 199. The summed E-state index contributed by atoms with van der Waals surface area (Å²) >= 11 is 0. The third kappa shape index (κ3) is 4.48. The van der Waals surface area contributed by atoms with Crippen molar-refractivity contribution in [3.63, 3.8) is 0 Å². The highest BCUT2D eigenvalue weighted by Crippen LogP contribution is 2.10. The van der Waals surface area contributed by atoms with Crippen LogP contribution < -0.4 is 5.32 Å². The van der Waals surface area contributed by atoms with Gasteiger partial charge in [-0.25, -0.2) is 4.79 Å². The number of methoxy groups -OCH3 is 1. The highest BCUT2D eigenvalue weighted by atomic mass is 16.5. The topological polar surface area (TPSA) is 61.8 Å². The number of nitrogens with zero attached hydrogens (tertiary/aromatic N) is 1. The van der Waals surface area contributed by atoms with Crippen LogP contribution in [-0.2, 0) is 4.74 Å². The van der Waals surface area contributed by atoms with Crippen LogP contribution in [0.15, 0.2) is 0 Å². The highest BCUT2D eigenvalue weighted by molar-refractivity contribution is 5.67. The van der Waals surface area contributed by atoms with Crippen molar-refractivity contribution in [3.8, 4) is 0 Å². The molecule has 5 heteroatoms. The molecule has 1 unspecified atom stereocenters. The number of amides is 1. The minimum absolute atomic E-state index is 0.214. The van der Waals surface area contributed by atoms with Gasteiger partial charge in [-0.1, -0.05) is 0 Å². The number of hydrogen-bond acceptors (Lipinski definition) is 4. The van der Waals surface area contributed by atoms with Gasteiger partial charge in [-0.15, -0.1) is 0 Å². The third-order valence-electron chi connectivity index (χ3n) is 2.66. The zero-order valence-corrected chi connectivity index (χ0v) is 9.24. The van der Waals surface area contributed by atoms with Crippen LogP contribution in [0.4, 0.5) is 4.79 Å². The fourth-order valence-electron chi connectivity index (χ4n) is 1.83. The van der Waals surface area contributed by atoms with Gasteiger partial charge in [0.1, 0.15) is 0 Å². The Morgan fingerprint density at radius 3 is 3.07 bits per heavy atom. The van der Waals surface area contributed by atoms with Crippen molar-refractivity contribution in [2.45, 2.75) is 25.3 Å². The fourth-order valence-corrected chi connectivity index (χ4v) is 1.83. The monoisotopic (exact) mass is 216 g/mol. The summed E-state index contributed by atoms with van der Waals surface area (Å²) in [6.07, 6.45) is 2.50. The second-order valence-corrected chi connectivity index (χ2v) is 3.85. The van der Waals surface area contributed by atoms with Crippen molar-refractivity contribution < 1.29 is 14.6 Å². The Morgan fingerprint density at radius 2 is 2.40 bits per heavy atom. The maximum absolute atomic E-state index is 10.9. The molecule has 1 aliphatic rings. The van der Waals surface area contributed by atoms with Crippen LogP contribution in [0.25, 0.3) is 0 Å². The number of unbranched alkanes of at least 4 members (excludes halogenated alkanes) is 1. The molecule has 1 saturated heterocycles. The Balaban J connectivity index is 2.12. The van der Waals surface area contributed by atoms with Crippen LogP contribution in [0.3, 0.4) is 0 Å². The molecule has 0 radical (unpaired) electrons. The number of carbonyl (C=O) groups excluding carboxylic acids is 1. The molecule has 1 rings (SSSR count). The molecule has 1 amide bonds. The lowest BCUT2D eigenvalue weighted by atomic mass is 10.3. The van der Waals surface area contributed by atoms with E-state index in [-0.39, 0.29) is 18.7 Å². The maximum Gasteiger partial charge on any atom is 0.407 e. The largest absolute Gasteiger partial charge is 0.453 e. The molecule has 2 N–H and O–H groups in total. The van der Waals surface area contributed by atoms with E-state index in [2.05, 4.69) is 15.0 Å². The lowest BCUT2D eigenvalue weighted by molar-refractivity contribution is 0.166. The first-order chi connectivity index (χ1) is 7.26. The summed E-state index contributed by atoms with van der Waals surface area (Å²) in [7, 11) is 1.38. The Labute approximate surface area is 90.4 Å². The number of likely N-dealkylation sites (tertiary alicyclic amines) is 1. The van der Waals surface area contributed by atoms with Crippen molar-refractivity contribution in [1.29, 1.82) is 0 Å². The zero-order valence-electron chi connectivity index (χ0n) is 9.24. The van der Waals surface area contributed by atoms with Crippen LogP contribution in [0.5, 0.6) is 0 Å².